The van der Waals surface area contributed by atoms with Crippen LogP contribution in [0.1, 0.15) is 100 Å². The van der Waals surface area contributed by atoms with Gasteiger partial charge >= 0.3 is 5.97 Å². The molecular formula is C34H44O4. The third kappa shape index (κ3) is 6.88. The van der Waals surface area contributed by atoms with Crippen LogP contribution in [0.4, 0.5) is 0 Å². The number of aliphatic hydroxyl groups is 1. The summed E-state index contributed by atoms with van der Waals surface area (Å²) in [5, 5.41) is 10.9. The maximum atomic E-state index is 11.4. The molecule has 1 heterocycles. The molecule has 0 radical (unpaired) electrons. The van der Waals surface area contributed by atoms with Gasteiger partial charge in [0.25, 0.3) is 0 Å². The van der Waals surface area contributed by atoms with Gasteiger partial charge in [0.05, 0.1) is 0 Å². The van der Waals surface area contributed by atoms with Gasteiger partial charge in [-0.1, -0.05) is 75.9 Å². The van der Waals surface area contributed by atoms with Crippen molar-refractivity contribution in [3.63, 3.8) is 0 Å². The van der Waals surface area contributed by atoms with E-state index in [-0.39, 0.29) is 17.5 Å². The molecule has 204 valence electrons. The van der Waals surface area contributed by atoms with E-state index in [0.717, 1.165) is 49.0 Å². The van der Waals surface area contributed by atoms with Crippen molar-refractivity contribution >= 4 is 12.0 Å². The second-order valence-electron chi connectivity index (χ2n) is 10.5. The lowest BCUT2D eigenvalue weighted by molar-refractivity contribution is -0.142. The van der Waals surface area contributed by atoms with Crippen molar-refractivity contribution in [1.29, 1.82) is 0 Å². The monoisotopic (exact) mass is 516 g/mol. The molecule has 2 aromatic carbocycles. The highest BCUT2D eigenvalue weighted by molar-refractivity contribution is 5.71. The van der Waals surface area contributed by atoms with Gasteiger partial charge in [0, 0.05) is 18.3 Å². The molecule has 38 heavy (non-hydrogen) atoms. The quantitative estimate of drug-likeness (QED) is 0.249. The molecule has 4 heteroatoms. The molecule has 0 amide bonds. The highest BCUT2D eigenvalue weighted by atomic mass is 16.6. The Morgan fingerprint density at radius 1 is 1.03 bits per heavy atom. The van der Waals surface area contributed by atoms with Crippen LogP contribution in [0.5, 0.6) is 5.75 Å². The average molecular weight is 517 g/mol. The van der Waals surface area contributed by atoms with Crippen LogP contribution in [0.3, 0.4) is 0 Å². The van der Waals surface area contributed by atoms with Crippen LogP contribution in [0, 0.1) is 25.7 Å². The minimum absolute atomic E-state index is 0.118. The van der Waals surface area contributed by atoms with Crippen LogP contribution in [-0.2, 0) is 14.9 Å². The lowest BCUT2D eigenvalue weighted by atomic mass is 9.70. The van der Waals surface area contributed by atoms with Crippen LogP contribution in [0.25, 0.3) is 6.08 Å². The molecule has 2 atom stereocenters. The van der Waals surface area contributed by atoms with Crippen molar-refractivity contribution in [2.45, 2.75) is 104 Å². The zero-order valence-electron chi connectivity index (χ0n) is 24.0. The predicted octanol–water partition coefficient (Wildman–Crippen LogP) is 7.45. The number of carbonyl (C=O) groups is 1. The summed E-state index contributed by atoms with van der Waals surface area (Å²) in [5.41, 5.74) is 4.69. The second-order valence-corrected chi connectivity index (χ2v) is 10.5. The van der Waals surface area contributed by atoms with Crippen molar-refractivity contribution in [2.24, 2.45) is 0 Å². The Balaban J connectivity index is 1.84. The zero-order chi connectivity index (χ0) is 27.8. The standard InChI is InChI=1S/C34H44O4/c1-7-11-12-20-33(36,8-2)21-19-27-13-14-28(22-25(27)5)34(9-3,10-4)29-15-17-31(26(6)23-29)37-24-30-16-18-32(35)38-30/h13-15,17,19,21-23,30,36H,7-11,16,18,24H2,1-6H3/b21-19+/t30-,33?/m0/s1. The number of rotatable bonds is 11. The minimum Gasteiger partial charge on any atom is -0.489 e. The van der Waals surface area contributed by atoms with Crippen molar-refractivity contribution in [3.8, 4) is 17.6 Å². The van der Waals surface area contributed by atoms with Gasteiger partial charge in [-0.3, -0.25) is 4.79 Å². The first-order valence-electron chi connectivity index (χ1n) is 14.2. The van der Waals surface area contributed by atoms with Crippen molar-refractivity contribution in [1.82, 2.24) is 0 Å². The van der Waals surface area contributed by atoms with E-state index in [0.29, 0.717) is 19.4 Å². The molecule has 3 rings (SSSR count). The first-order chi connectivity index (χ1) is 18.2. The Morgan fingerprint density at radius 2 is 1.71 bits per heavy atom. The van der Waals surface area contributed by atoms with E-state index in [2.05, 4.69) is 82.9 Å². The lowest BCUT2D eigenvalue weighted by Gasteiger charge is -2.34. The van der Waals surface area contributed by atoms with Crippen molar-refractivity contribution in [3.05, 3.63) is 70.3 Å². The fourth-order valence-electron chi connectivity index (χ4n) is 5.20. The Labute approximate surface area is 229 Å². The fourth-order valence-corrected chi connectivity index (χ4v) is 5.20. The van der Waals surface area contributed by atoms with Gasteiger partial charge in [-0.2, -0.15) is 0 Å². The molecule has 1 saturated heterocycles. The number of cyclic esters (lactones) is 1. The summed E-state index contributed by atoms with van der Waals surface area (Å²) < 4.78 is 11.3. The molecule has 1 N–H and O–H groups in total. The number of unbranched alkanes of at least 4 members (excludes halogenated alkanes) is 1. The normalized spacial score (nSPS) is 17.1. The molecule has 0 aromatic heterocycles. The van der Waals surface area contributed by atoms with E-state index in [1.165, 1.54) is 16.7 Å². The summed E-state index contributed by atoms with van der Waals surface area (Å²) in [7, 11) is 0. The largest absolute Gasteiger partial charge is 0.489 e. The van der Waals surface area contributed by atoms with Crippen LogP contribution in [0.15, 0.2) is 42.5 Å². The Morgan fingerprint density at radius 3 is 2.26 bits per heavy atom. The van der Waals surface area contributed by atoms with Gasteiger partial charge < -0.3 is 14.6 Å². The zero-order valence-corrected chi connectivity index (χ0v) is 24.0. The Bertz CT molecular complexity index is 1190. The number of aryl methyl sites for hydroxylation is 2. The molecule has 4 nitrogen and oxygen atoms in total. The molecule has 1 fully saturated rings. The first-order valence-corrected chi connectivity index (χ1v) is 14.2. The SMILES string of the molecule is CCCC#CC(O)(/C=C/c1ccc(C(CC)(CC)c2ccc(OC[C@@H]3CCC(=O)O3)c(C)c2)cc1C)CC. The average Bonchev–Trinajstić information content (AvgIpc) is 3.33. The number of carbonyl (C=O) groups excluding carboxylic acids is 1. The minimum atomic E-state index is -1.10. The van der Waals surface area contributed by atoms with E-state index in [9.17, 15) is 9.90 Å². The van der Waals surface area contributed by atoms with Gasteiger partial charge in [0.15, 0.2) is 0 Å². The number of benzene rings is 2. The topological polar surface area (TPSA) is 55.8 Å². The van der Waals surface area contributed by atoms with Gasteiger partial charge in [-0.05, 0) is 85.9 Å². The van der Waals surface area contributed by atoms with Crippen LogP contribution in [0.2, 0.25) is 0 Å². The molecule has 0 bridgehead atoms. The Kier molecular flexibility index (Phi) is 10.2. The van der Waals surface area contributed by atoms with E-state index >= 15 is 0 Å². The third-order valence-corrected chi connectivity index (χ3v) is 7.91. The second kappa shape index (κ2) is 13.2. The number of esters is 1. The van der Waals surface area contributed by atoms with Crippen molar-refractivity contribution < 1.29 is 19.4 Å². The van der Waals surface area contributed by atoms with Crippen molar-refractivity contribution in [2.75, 3.05) is 6.61 Å². The van der Waals surface area contributed by atoms with Crippen LogP contribution in [-0.4, -0.2) is 29.4 Å². The number of hydrogen-bond donors (Lipinski definition) is 1. The molecule has 0 spiro atoms. The lowest BCUT2D eigenvalue weighted by Crippen LogP contribution is -2.26. The molecule has 1 unspecified atom stereocenters. The summed E-state index contributed by atoms with van der Waals surface area (Å²) in [6, 6.07) is 13.1. The predicted molar refractivity (Wildman–Crippen MR) is 155 cm³/mol. The maximum Gasteiger partial charge on any atom is 0.306 e. The highest BCUT2D eigenvalue weighted by Gasteiger charge is 2.32. The third-order valence-electron chi connectivity index (χ3n) is 7.91. The van der Waals surface area contributed by atoms with Crippen LogP contribution < -0.4 is 4.74 Å². The maximum absolute atomic E-state index is 11.4. The van der Waals surface area contributed by atoms with Gasteiger partial charge in [-0.15, -0.1) is 0 Å². The number of ether oxygens (including phenoxy) is 2. The molecule has 1 aliphatic heterocycles. The summed E-state index contributed by atoms with van der Waals surface area (Å²) in [5.74, 6) is 6.82. The van der Waals surface area contributed by atoms with Gasteiger partial charge in [0.1, 0.15) is 24.1 Å². The molecule has 0 aliphatic carbocycles. The Hall–Kier alpha value is -3.03. The van der Waals surface area contributed by atoms with Gasteiger partial charge in [0.2, 0.25) is 0 Å². The van der Waals surface area contributed by atoms with Gasteiger partial charge in [-0.25, -0.2) is 0 Å². The highest BCUT2D eigenvalue weighted by Crippen LogP contribution is 2.41. The first kappa shape index (κ1) is 29.5. The summed E-state index contributed by atoms with van der Waals surface area (Å²) in [6.07, 6.45) is 9.15. The molecule has 2 aromatic rings. The van der Waals surface area contributed by atoms with E-state index in [1.807, 2.05) is 19.1 Å². The smallest absolute Gasteiger partial charge is 0.306 e. The molecule has 0 saturated carbocycles. The number of hydrogen-bond acceptors (Lipinski definition) is 4. The molecule has 1 aliphatic rings. The van der Waals surface area contributed by atoms with E-state index in [1.54, 1.807) is 0 Å². The fraction of sp³-hybridized carbons (Fsp3) is 0.500. The molecular weight excluding hydrogens is 472 g/mol. The van der Waals surface area contributed by atoms with Crippen LogP contribution >= 0.6 is 0 Å². The van der Waals surface area contributed by atoms with E-state index < -0.39 is 5.60 Å². The summed E-state index contributed by atoms with van der Waals surface area (Å²) >= 11 is 0. The summed E-state index contributed by atoms with van der Waals surface area (Å²) in [4.78, 5) is 11.4. The summed E-state index contributed by atoms with van der Waals surface area (Å²) in [6.45, 7) is 13.1. The van der Waals surface area contributed by atoms with E-state index in [4.69, 9.17) is 9.47 Å².